The second-order valence-corrected chi connectivity index (χ2v) is 26.0. The van der Waals surface area contributed by atoms with Gasteiger partial charge in [-0.15, -0.1) is 0 Å². The van der Waals surface area contributed by atoms with Crippen molar-refractivity contribution in [1.29, 1.82) is 0 Å². The predicted molar refractivity (Wildman–Crippen MR) is 357 cm³/mol. The average molecular weight is 1140 g/mol. The number of nitrogens with one attached hydrogen (secondary N) is 1. The van der Waals surface area contributed by atoms with Gasteiger partial charge in [0.1, 0.15) is 0 Å². The van der Waals surface area contributed by atoms with Gasteiger partial charge in [0.05, 0.1) is 25.4 Å². The van der Waals surface area contributed by atoms with Gasteiger partial charge in [0.2, 0.25) is 5.91 Å². The third kappa shape index (κ3) is 67.6. The van der Waals surface area contributed by atoms with E-state index in [9.17, 15) is 19.8 Å². The fourth-order valence-electron chi connectivity index (χ4n) is 12.1. The molecule has 0 bridgehead atoms. The largest absolute Gasteiger partial charge is 0.466 e. The number of carbonyl (C=O) groups is 2. The first-order valence-corrected chi connectivity index (χ1v) is 37.5. The molecule has 0 aliphatic heterocycles. The van der Waals surface area contributed by atoms with Crippen molar-refractivity contribution in [3.8, 4) is 0 Å². The van der Waals surface area contributed by atoms with Crippen LogP contribution in [0.5, 0.6) is 0 Å². The van der Waals surface area contributed by atoms with Crippen molar-refractivity contribution in [3.05, 3.63) is 12.2 Å². The van der Waals surface area contributed by atoms with E-state index in [1.54, 1.807) is 6.08 Å². The summed E-state index contributed by atoms with van der Waals surface area (Å²) in [5.41, 5.74) is 0. The molecule has 0 aromatic rings. The molecule has 6 heteroatoms. The average Bonchev–Trinajstić information content (AvgIpc) is 3.47. The highest BCUT2D eigenvalue weighted by molar-refractivity contribution is 5.76. The summed E-state index contributed by atoms with van der Waals surface area (Å²) in [5.74, 6) is -0.0460. The zero-order chi connectivity index (χ0) is 58.5. The Morgan fingerprint density at radius 2 is 0.568 bits per heavy atom. The first kappa shape index (κ1) is 79.6. The first-order valence-electron chi connectivity index (χ1n) is 37.5. The summed E-state index contributed by atoms with van der Waals surface area (Å²) in [7, 11) is 0. The van der Waals surface area contributed by atoms with Gasteiger partial charge in [-0.05, 0) is 32.1 Å². The molecule has 0 aliphatic carbocycles. The molecular weight excluding hydrogens is 995 g/mol. The highest BCUT2D eigenvalue weighted by Crippen LogP contribution is 2.20. The Kier molecular flexibility index (Phi) is 69.9. The number of aliphatic hydroxyl groups excluding tert-OH is 2. The van der Waals surface area contributed by atoms with E-state index in [-0.39, 0.29) is 18.5 Å². The van der Waals surface area contributed by atoms with Crippen molar-refractivity contribution in [2.45, 2.75) is 443 Å². The Bertz CT molecular complexity index is 1220. The predicted octanol–water partition coefficient (Wildman–Crippen LogP) is 24.3. The van der Waals surface area contributed by atoms with Crippen LogP contribution in [0.4, 0.5) is 0 Å². The number of carbonyl (C=O) groups excluding carboxylic acids is 2. The van der Waals surface area contributed by atoms with Crippen LogP contribution in [-0.2, 0) is 14.3 Å². The lowest BCUT2D eigenvalue weighted by Gasteiger charge is -2.20. The Morgan fingerprint density at radius 1 is 0.333 bits per heavy atom. The fourth-order valence-corrected chi connectivity index (χ4v) is 12.1. The standard InChI is InChI=1S/C75H147NO5/c1-3-5-7-9-11-13-15-17-19-21-23-24-25-26-27-29-32-35-39-43-47-51-55-59-63-67-73(78)72(71-77)76-74(79)68-64-60-56-52-48-44-40-36-33-30-28-31-34-38-42-46-50-54-58-62-66-70-81-75(80)69-65-61-57-53-49-45-41-37-22-20-18-16-14-12-10-8-6-4-2/h63,67,72-73,77-78H,3-62,64-66,68-71H2,1-2H3,(H,76,79)/b67-63+. The van der Waals surface area contributed by atoms with E-state index in [1.165, 1.54) is 366 Å². The molecule has 1 amide bonds. The van der Waals surface area contributed by atoms with Crippen LogP contribution in [-0.4, -0.2) is 47.4 Å². The number of aliphatic hydroxyl groups is 2. The lowest BCUT2D eigenvalue weighted by Crippen LogP contribution is -2.45. The number of amides is 1. The molecule has 0 spiro atoms. The van der Waals surface area contributed by atoms with Gasteiger partial charge in [-0.1, -0.05) is 398 Å². The van der Waals surface area contributed by atoms with Crippen LogP contribution in [0.15, 0.2) is 12.2 Å². The van der Waals surface area contributed by atoms with Gasteiger partial charge in [-0.25, -0.2) is 0 Å². The van der Waals surface area contributed by atoms with Gasteiger partial charge in [-0.2, -0.15) is 0 Å². The molecular formula is C75H147NO5. The van der Waals surface area contributed by atoms with Crippen LogP contribution in [0.2, 0.25) is 0 Å². The molecule has 0 radical (unpaired) electrons. The maximum Gasteiger partial charge on any atom is 0.305 e. The molecule has 0 saturated heterocycles. The molecule has 0 aromatic heterocycles. The minimum atomic E-state index is -0.846. The van der Waals surface area contributed by atoms with E-state index >= 15 is 0 Å². The molecule has 0 aliphatic rings. The van der Waals surface area contributed by atoms with Crippen molar-refractivity contribution in [1.82, 2.24) is 5.32 Å². The number of hydrogen-bond donors (Lipinski definition) is 3. The highest BCUT2D eigenvalue weighted by Gasteiger charge is 2.18. The number of unbranched alkanes of at least 4 members (excludes halogenated alkanes) is 60. The van der Waals surface area contributed by atoms with E-state index < -0.39 is 12.1 Å². The summed E-state index contributed by atoms with van der Waals surface area (Å²) < 4.78 is 5.51. The molecule has 0 saturated carbocycles. The summed E-state index contributed by atoms with van der Waals surface area (Å²) in [4.78, 5) is 24.7. The van der Waals surface area contributed by atoms with Crippen LogP contribution in [0.25, 0.3) is 0 Å². The van der Waals surface area contributed by atoms with Gasteiger partial charge >= 0.3 is 5.97 Å². The molecule has 2 unspecified atom stereocenters. The normalized spacial score (nSPS) is 12.5. The van der Waals surface area contributed by atoms with Crippen LogP contribution in [0.1, 0.15) is 431 Å². The van der Waals surface area contributed by atoms with E-state index in [0.29, 0.717) is 19.4 Å². The quantitative estimate of drug-likeness (QED) is 0.0320. The van der Waals surface area contributed by atoms with Crippen LogP contribution < -0.4 is 5.32 Å². The lowest BCUT2D eigenvalue weighted by atomic mass is 10.0. The van der Waals surface area contributed by atoms with E-state index in [2.05, 4.69) is 19.2 Å². The Labute approximate surface area is 508 Å². The third-order valence-electron chi connectivity index (χ3n) is 17.8. The molecule has 6 nitrogen and oxygen atoms in total. The minimum absolute atomic E-state index is 0.0173. The van der Waals surface area contributed by atoms with E-state index in [4.69, 9.17) is 4.74 Å². The third-order valence-corrected chi connectivity index (χ3v) is 17.8. The Balaban J connectivity index is 3.39. The van der Waals surface area contributed by atoms with Crippen molar-refractivity contribution >= 4 is 11.9 Å². The molecule has 3 N–H and O–H groups in total. The molecule has 81 heavy (non-hydrogen) atoms. The smallest absolute Gasteiger partial charge is 0.305 e. The van der Waals surface area contributed by atoms with Crippen molar-refractivity contribution < 1.29 is 24.5 Å². The van der Waals surface area contributed by atoms with Gasteiger partial charge in [0.25, 0.3) is 0 Å². The first-order chi connectivity index (χ1) is 40.0. The molecule has 0 fully saturated rings. The van der Waals surface area contributed by atoms with E-state index in [1.807, 2.05) is 6.08 Å². The molecule has 482 valence electrons. The summed E-state index contributed by atoms with van der Waals surface area (Å²) in [6.07, 6.45) is 88.7. The second-order valence-electron chi connectivity index (χ2n) is 26.0. The minimum Gasteiger partial charge on any atom is -0.466 e. The Hall–Kier alpha value is -1.40. The fraction of sp³-hybridized carbons (Fsp3) is 0.947. The number of allylic oxidation sites excluding steroid dienone is 1. The van der Waals surface area contributed by atoms with Crippen LogP contribution in [0.3, 0.4) is 0 Å². The van der Waals surface area contributed by atoms with Gasteiger partial charge < -0.3 is 20.3 Å². The monoisotopic (exact) mass is 1140 g/mol. The summed E-state index contributed by atoms with van der Waals surface area (Å²) in [6, 6.07) is -0.630. The second kappa shape index (κ2) is 71.1. The summed E-state index contributed by atoms with van der Waals surface area (Å²) >= 11 is 0. The van der Waals surface area contributed by atoms with Crippen LogP contribution >= 0.6 is 0 Å². The highest BCUT2D eigenvalue weighted by atomic mass is 16.5. The van der Waals surface area contributed by atoms with E-state index in [0.717, 1.165) is 38.5 Å². The number of hydrogen-bond acceptors (Lipinski definition) is 5. The number of esters is 1. The van der Waals surface area contributed by atoms with Gasteiger partial charge in [-0.3, -0.25) is 9.59 Å². The lowest BCUT2D eigenvalue weighted by molar-refractivity contribution is -0.143. The SMILES string of the molecule is CCCCCCCCCCCCCCCCCCCCCCCCC/C=C/C(O)C(CO)NC(=O)CCCCCCCCCCCCCCCCCCCCCCCOC(=O)CCCCCCCCCCCCCCCCCCCC. The zero-order valence-corrected chi connectivity index (χ0v) is 55.3. The van der Waals surface area contributed by atoms with Gasteiger partial charge in [0, 0.05) is 12.8 Å². The molecule has 0 rings (SSSR count). The number of ether oxygens (including phenoxy) is 1. The van der Waals surface area contributed by atoms with Crippen molar-refractivity contribution in [3.63, 3.8) is 0 Å². The molecule has 0 heterocycles. The maximum atomic E-state index is 12.5. The summed E-state index contributed by atoms with van der Waals surface area (Å²) in [5, 5.41) is 23.3. The Morgan fingerprint density at radius 3 is 0.840 bits per heavy atom. The maximum absolute atomic E-state index is 12.5. The van der Waals surface area contributed by atoms with Crippen LogP contribution in [0, 0.1) is 0 Å². The number of rotatable bonds is 71. The molecule has 2 atom stereocenters. The van der Waals surface area contributed by atoms with Crippen molar-refractivity contribution in [2.24, 2.45) is 0 Å². The van der Waals surface area contributed by atoms with Gasteiger partial charge in [0.15, 0.2) is 0 Å². The zero-order valence-electron chi connectivity index (χ0n) is 55.3. The summed E-state index contributed by atoms with van der Waals surface area (Å²) in [6.45, 7) is 4.96. The topological polar surface area (TPSA) is 95.9 Å². The molecule has 0 aromatic carbocycles. The van der Waals surface area contributed by atoms with Crippen molar-refractivity contribution in [2.75, 3.05) is 13.2 Å².